The number of nitrogens with zero attached hydrogens (tertiary/aromatic N) is 2. The van der Waals surface area contributed by atoms with E-state index in [-0.39, 0.29) is 7.69 Å². The van der Waals surface area contributed by atoms with Gasteiger partial charge in [0, 0.05) is 34.9 Å². The van der Waals surface area contributed by atoms with Gasteiger partial charge in [-0.15, -0.1) is 0 Å². The monoisotopic (exact) mass is 468 g/mol. The van der Waals surface area contributed by atoms with Gasteiger partial charge in [0.05, 0.1) is 11.0 Å². The molecule has 1 heterocycles. The highest BCUT2D eigenvalue weighted by Gasteiger charge is 2.13. The number of aromatic nitrogens is 1. The standard InChI is InChI=1S/C31H25BN2O2/c1-33(25-16-18-27(19-17-25)36-32-35)24-14-11-22(12-15-24)23-13-20-31-29(21-23)28-9-5-6-10-30(28)34(31)26-7-3-2-4-8-26/h2-21,32,35H,1H3. The average molecular weight is 468 g/mol. The Hall–Kier alpha value is -4.48. The Morgan fingerprint density at radius 3 is 1.97 bits per heavy atom. The Morgan fingerprint density at radius 2 is 1.25 bits per heavy atom. The van der Waals surface area contributed by atoms with Crippen LogP contribution in [-0.2, 0) is 0 Å². The largest absolute Gasteiger partial charge is 0.539 e. The molecule has 5 aromatic carbocycles. The number of fused-ring (bicyclic) bond motifs is 3. The molecule has 5 heteroatoms. The summed E-state index contributed by atoms with van der Waals surface area (Å²) in [5.74, 6) is 0.647. The van der Waals surface area contributed by atoms with Crippen molar-refractivity contribution in [3.8, 4) is 22.6 Å². The maximum Gasteiger partial charge on any atom is 0.504 e. The Kier molecular flexibility index (Phi) is 5.68. The first-order chi connectivity index (χ1) is 17.7. The zero-order valence-electron chi connectivity index (χ0n) is 20.0. The fourth-order valence-corrected chi connectivity index (χ4v) is 4.87. The van der Waals surface area contributed by atoms with Crippen molar-refractivity contribution in [3.05, 3.63) is 121 Å². The SMILES string of the molecule is CN(c1ccc(OBO)cc1)c1ccc(-c2ccc3c(c2)c2ccccc2n3-c2ccccc2)cc1. The molecule has 6 rings (SSSR count). The quantitative estimate of drug-likeness (QED) is 0.272. The molecule has 0 radical (unpaired) electrons. The van der Waals surface area contributed by atoms with Gasteiger partial charge in [-0.3, -0.25) is 0 Å². The number of hydrogen-bond donors (Lipinski definition) is 1. The molecule has 0 spiro atoms. The van der Waals surface area contributed by atoms with Gasteiger partial charge in [-0.05, 0) is 77.9 Å². The van der Waals surface area contributed by atoms with Crippen molar-refractivity contribution in [2.45, 2.75) is 0 Å². The minimum Gasteiger partial charge on any atom is -0.539 e. The average Bonchev–Trinajstić information content (AvgIpc) is 3.27. The lowest BCUT2D eigenvalue weighted by atomic mass is 10.0. The molecule has 0 amide bonds. The third kappa shape index (κ3) is 3.90. The summed E-state index contributed by atoms with van der Waals surface area (Å²) >= 11 is 0. The fraction of sp³-hybridized carbons (Fsp3) is 0.0323. The molecule has 0 aliphatic carbocycles. The molecule has 174 valence electrons. The molecule has 0 saturated heterocycles. The van der Waals surface area contributed by atoms with Gasteiger partial charge in [0.2, 0.25) is 0 Å². The predicted octanol–water partition coefficient (Wildman–Crippen LogP) is 6.86. The molecule has 36 heavy (non-hydrogen) atoms. The summed E-state index contributed by atoms with van der Waals surface area (Å²) in [5.41, 5.74) is 8.09. The second-order valence-electron chi connectivity index (χ2n) is 8.79. The maximum absolute atomic E-state index is 8.93. The third-order valence-corrected chi connectivity index (χ3v) is 6.73. The van der Waals surface area contributed by atoms with Gasteiger partial charge < -0.3 is 19.1 Å². The molecular formula is C31H25BN2O2. The van der Waals surface area contributed by atoms with Crippen molar-refractivity contribution in [2.75, 3.05) is 11.9 Å². The lowest BCUT2D eigenvalue weighted by molar-refractivity contribution is 0.454. The lowest BCUT2D eigenvalue weighted by Gasteiger charge is -2.20. The summed E-state index contributed by atoms with van der Waals surface area (Å²) in [5, 5.41) is 11.4. The highest BCUT2D eigenvalue weighted by Crippen LogP contribution is 2.35. The van der Waals surface area contributed by atoms with Gasteiger partial charge in [0.1, 0.15) is 5.75 Å². The minimum absolute atomic E-state index is 0.324. The van der Waals surface area contributed by atoms with E-state index in [1.807, 2.05) is 31.3 Å². The number of rotatable bonds is 6. The van der Waals surface area contributed by atoms with Crippen molar-refractivity contribution in [1.82, 2.24) is 4.57 Å². The normalized spacial score (nSPS) is 11.1. The summed E-state index contributed by atoms with van der Waals surface area (Å²) in [4.78, 5) is 2.13. The number of anilines is 2. The highest BCUT2D eigenvalue weighted by molar-refractivity contribution is 6.17. The first-order valence-electron chi connectivity index (χ1n) is 12.0. The minimum atomic E-state index is -0.324. The Balaban J connectivity index is 1.36. The summed E-state index contributed by atoms with van der Waals surface area (Å²) in [6.07, 6.45) is 0. The van der Waals surface area contributed by atoms with Crippen LogP contribution in [0.2, 0.25) is 0 Å². The summed E-state index contributed by atoms with van der Waals surface area (Å²) in [6.45, 7) is 0. The Bertz CT molecular complexity index is 1640. The first-order valence-corrected chi connectivity index (χ1v) is 12.0. The van der Waals surface area contributed by atoms with Crippen molar-refractivity contribution in [3.63, 3.8) is 0 Å². The molecule has 6 aromatic rings. The molecule has 0 atom stereocenters. The third-order valence-electron chi connectivity index (χ3n) is 6.73. The van der Waals surface area contributed by atoms with Crippen LogP contribution in [0.5, 0.6) is 5.75 Å². The van der Waals surface area contributed by atoms with Crippen LogP contribution in [0.25, 0.3) is 38.6 Å². The molecule has 1 aromatic heterocycles. The zero-order chi connectivity index (χ0) is 24.5. The van der Waals surface area contributed by atoms with Gasteiger partial charge in [-0.1, -0.05) is 54.6 Å². The van der Waals surface area contributed by atoms with Crippen LogP contribution < -0.4 is 9.55 Å². The van der Waals surface area contributed by atoms with Gasteiger partial charge >= 0.3 is 7.69 Å². The molecule has 0 bridgehead atoms. The van der Waals surface area contributed by atoms with Gasteiger partial charge in [0.25, 0.3) is 0 Å². The van der Waals surface area contributed by atoms with E-state index >= 15 is 0 Å². The van der Waals surface area contributed by atoms with E-state index in [0.717, 1.165) is 11.4 Å². The maximum atomic E-state index is 8.93. The van der Waals surface area contributed by atoms with Crippen molar-refractivity contribution < 1.29 is 9.68 Å². The van der Waals surface area contributed by atoms with E-state index in [2.05, 4.69) is 107 Å². The van der Waals surface area contributed by atoms with Crippen LogP contribution in [0, 0.1) is 0 Å². The molecular weight excluding hydrogens is 443 g/mol. The number of benzene rings is 5. The van der Waals surface area contributed by atoms with Gasteiger partial charge in [0.15, 0.2) is 0 Å². The molecule has 0 aliphatic rings. The van der Waals surface area contributed by atoms with Crippen LogP contribution >= 0.6 is 0 Å². The van der Waals surface area contributed by atoms with Crippen LogP contribution in [0.15, 0.2) is 121 Å². The van der Waals surface area contributed by atoms with Crippen LogP contribution in [0.3, 0.4) is 0 Å². The molecule has 0 unspecified atom stereocenters. The second-order valence-corrected chi connectivity index (χ2v) is 8.79. The van der Waals surface area contributed by atoms with E-state index < -0.39 is 0 Å². The van der Waals surface area contributed by atoms with Crippen molar-refractivity contribution in [2.24, 2.45) is 0 Å². The van der Waals surface area contributed by atoms with Gasteiger partial charge in [-0.25, -0.2) is 0 Å². The predicted molar refractivity (Wildman–Crippen MR) is 151 cm³/mol. The molecule has 0 fully saturated rings. The van der Waals surface area contributed by atoms with E-state index in [1.54, 1.807) is 0 Å². The number of hydrogen-bond acceptors (Lipinski definition) is 3. The summed E-state index contributed by atoms with van der Waals surface area (Å²) in [6, 6.07) is 42.2. The highest BCUT2D eigenvalue weighted by atomic mass is 16.5. The van der Waals surface area contributed by atoms with Crippen LogP contribution in [0.4, 0.5) is 11.4 Å². The molecule has 0 aliphatic heterocycles. The Morgan fingerprint density at radius 1 is 0.639 bits per heavy atom. The molecule has 0 saturated carbocycles. The van der Waals surface area contributed by atoms with Crippen LogP contribution in [-0.4, -0.2) is 24.3 Å². The first kappa shape index (κ1) is 22.0. The number of para-hydroxylation sites is 2. The van der Waals surface area contributed by atoms with Crippen LogP contribution in [0.1, 0.15) is 0 Å². The van der Waals surface area contributed by atoms with E-state index in [4.69, 9.17) is 9.68 Å². The van der Waals surface area contributed by atoms with Gasteiger partial charge in [-0.2, -0.15) is 0 Å². The zero-order valence-corrected chi connectivity index (χ0v) is 20.0. The molecule has 1 N–H and O–H groups in total. The van der Waals surface area contributed by atoms with Crippen molar-refractivity contribution >= 4 is 40.9 Å². The Labute approximate surface area is 210 Å². The molecule has 4 nitrogen and oxygen atoms in total. The summed E-state index contributed by atoms with van der Waals surface area (Å²) < 4.78 is 7.47. The summed E-state index contributed by atoms with van der Waals surface area (Å²) in [7, 11) is 1.72. The lowest BCUT2D eigenvalue weighted by Crippen LogP contribution is -2.09. The van der Waals surface area contributed by atoms with E-state index in [1.165, 1.54) is 38.6 Å². The van der Waals surface area contributed by atoms with Crippen molar-refractivity contribution in [1.29, 1.82) is 0 Å². The fourth-order valence-electron chi connectivity index (χ4n) is 4.87. The topological polar surface area (TPSA) is 37.6 Å². The van der Waals surface area contributed by atoms with E-state index in [0.29, 0.717) is 5.75 Å². The van der Waals surface area contributed by atoms with E-state index in [9.17, 15) is 0 Å². The second kappa shape index (κ2) is 9.29. The smallest absolute Gasteiger partial charge is 0.504 e.